The number of anilines is 3. The Bertz CT molecular complexity index is 718. The van der Waals surface area contributed by atoms with Crippen LogP contribution in [0.2, 0.25) is 0 Å². The van der Waals surface area contributed by atoms with E-state index >= 15 is 0 Å². The van der Waals surface area contributed by atoms with Crippen LogP contribution in [0.15, 0.2) is 24.8 Å². The van der Waals surface area contributed by atoms with E-state index in [0.717, 1.165) is 75.4 Å². The summed E-state index contributed by atoms with van der Waals surface area (Å²) in [5, 5.41) is 3.57. The number of nitrogens with one attached hydrogen (secondary N) is 1. The maximum Gasteiger partial charge on any atom is 0.225 e. The normalized spacial score (nSPS) is 20.9. The highest BCUT2D eigenvalue weighted by Gasteiger charge is 2.22. The van der Waals surface area contributed by atoms with Gasteiger partial charge in [-0.05, 0) is 25.3 Å². The molecule has 1 atom stereocenters. The summed E-state index contributed by atoms with van der Waals surface area (Å²) in [4.78, 5) is 22.2. The summed E-state index contributed by atoms with van der Waals surface area (Å²) >= 11 is 0. The third-order valence-corrected chi connectivity index (χ3v) is 4.81. The van der Waals surface area contributed by atoms with E-state index in [4.69, 9.17) is 4.74 Å². The minimum absolute atomic E-state index is 0.320. The smallest absolute Gasteiger partial charge is 0.225 e. The summed E-state index contributed by atoms with van der Waals surface area (Å²) in [6.07, 6.45) is 7.60. The van der Waals surface area contributed by atoms with Crippen LogP contribution in [-0.4, -0.2) is 65.4 Å². The van der Waals surface area contributed by atoms with Gasteiger partial charge in [0.25, 0.3) is 0 Å². The van der Waals surface area contributed by atoms with E-state index in [1.165, 1.54) is 0 Å². The molecule has 26 heavy (non-hydrogen) atoms. The number of morpholine rings is 1. The Morgan fingerprint density at radius 2 is 1.85 bits per heavy atom. The molecule has 8 nitrogen and oxygen atoms in total. The van der Waals surface area contributed by atoms with Crippen molar-refractivity contribution < 1.29 is 4.74 Å². The van der Waals surface area contributed by atoms with Gasteiger partial charge in [-0.3, -0.25) is 0 Å². The number of aromatic nitrogens is 4. The van der Waals surface area contributed by atoms with E-state index in [1.807, 2.05) is 25.4 Å². The summed E-state index contributed by atoms with van der Waals surface area (Å²) in [6, 6.07) is 2.35. The van der Waals surface area contributed by atoms with Crippen LogP contribution in [0.25, 0.3) is 0 Å². The lowest BCUT2D eigenvalue weighted by molar-refractivity contribution is 0.122. The summed E-state index contributed by atoms with van der Waals surface area (Å²) in [5.41, 5.74) is 1.08. The molecule has 0 saturated carbocycles. The maximum atomic E-state index is 5.42. The number of hydrogen-bond acceptors (Lipinski definition) is 8. The molecule has 4 rings (SSSR count). The summed E-state index contributed by atoms with van der Waals surface area (Å²) in [6.45, 7) is 7.12. The molecule has 0 bridgehead atoms. The van der Waals surface area contributed by atoms with Crippen LogP contribution in [0.3, 0.4) is 0 Å². The molecule has 2 aliphatic heterocycles. The first-order valence-electron chi connectivity index (χ1n) is 9.23. The maximum absolute atomic E-state index is 5.42. The van der Waals surface area contributed by atoms with Crippen molar-refractivity contribution in [1.82, 2.24) is 19.9 Å². The lowest BCUT2D eigenvalue weighted by Crippen LogP contribution is -2.43. The van der Waals surface area contributed by atoms with Crippen LogP contribution in [0, 0.1) is 6.92 Å². The Morgan fingerprint density at radius 3 is 2.65 bits per heavy atom. The average molecular weight is 355 g/mol. The molecule has 2 aromatic heterocycles. The number of ether oxygens (including phenoxy) is 1. The first kappa shape index (κ1) is 17.0. The van der Waals surface area contributed by atoms with E-state index in [2.05, 4.69) is 35.1 Å². The Labute approximate surface area is 153 Å². The molecule has 138 valence electrons. The number of nitrogens with zero attached hydrogens (tertiary/aromatic N) is 6. The molecular weight excluding hydrogens is 330 g/mol. The monoisotopic (exact) mass is 355 g/mol. The fraction of sp³-hybridized carbons (Fsp3) is 0.556. The van der Waals surface area contributed by atoms with Crippen molar-refractivity contribution in [3.05, 3.63) is 30.4 Å². The molecule has 0 aliphatic carbocycles. The van der Waals surface area contributed by atoms with E-state index in [0.29, 0.717) is 6.04 Å². The zero-order valence-electron chi connectivity index (χ0n) is 15.1. The molecule has 1 N–H and O–H groups in total. The van der Waals surface area contributed by atoms with Crippen LogP contribution in [0.5, 0.6) is 0 Å². The zero-order valence-corrected chi connectivity index (χ0v) is 15.1. The van der Waals surface area contributed by atoms with Crippen LogP contribution in [-0.2, 0) is 4.74 Å². The highest BCUT2D eigenvalue weighted by Crippen LogP contribution is 2.20. The minimum Gasteiger partial charge on any atom is -0.378 e. The van der Waals surface area contributed by atoms with Crippen molar-refractivity contribution in [2.45, 2.75) is 25.8 Å². The standard InChI is InChI=1S/C18H25N7O/c1-14-10-19-18(20-11-14)25-4-2-3-15(12-25)23-16-9-17(22-13-21-16)24-5-7-26-8-6-24/h9-11,13,15H,2-8,12H2,1H3,(H,21,22,23)/t15-/m1/s1. The molecule has 2 aromatic rings. The minimum atomic E-state index is 0.320. The predicted octanol–water partition coefficient (Wildman–Crippen LogP) is 1.49. The van der Waals surface area contributed by atoms with Gasteiger partial charge in [0.2, 0.25) is 5.95 Å². The van der Waals surface area contributed by atoms with Gasteiger partial charge in [0, 0.05) is 50.7 Å². The van der Waals surface area contributed by atoms with Gasteiger partial charge in [0.15, 0.2) is 0 Å². The quantitative estimate of drug-likeness (QED) is 0.884. The summed E-state index contributed by atoms with van der Waals surface area (Å²) < 4.78 is 5.42. The Hall–Kier alpha value is -2.48. The fourth-order valence-corrected chi connectivity index (χ4v) is 3.43. The molecule has 2 saturated heterocycles. The average Bonchev–Trinajstić information content (AvgIpc) is 2.70. The molecule has 0 spiro atoms. The lowest BCUT2D eigenvalue weighted by Gasteiger charge is -2.33. The van der Waals surface area contributed by atoms with Gasteiger partial charge in [-0.25, -0.2) is 19.9 Å². The molecule has 0 radical (unpaired) electrons. The molecule has 2 fully saturated rings. The summed E-state index contributed by atoms with van der Waals surface area (Å²) in [5.74, 6) is 2.64. The molecule has 0 unspecified atom stereocenters. The SMILES string of the molecule is Cc1cnc(N2CCC[C@@H](Nc3cc(N4CCOCC4)ncn3)C2)nc1. The van der Waals surface area contributed by atoms with Crippen LogP contribution in [0.1, 0.15) is 18.4 Å². The van der Waals surface area contributed by atoms with Gasteiger partial charge >= 0.3 is 0 Å². The van der Waals surface area contributed by atoms with Gasteiger partial charge in [-0.15, -0.1) is 0 Å². The molecule has 2 aliphatic rings. The molecular formula is C18H25N7O. The topological polar surface area (TPSA) is 79.3 Å². The molecule has 0 aromatic carbocycles. The molecule has 8 heteroatoms. The Morgan fingerprint density at radius 1 is 1.04 bits per heavy atom. The number of rotatable bonds is 4. The summed E-state index contributed by atoms with van der Waals surface area (Å²) in [7, 11) is 0. The first-order valence-corrected chi connectivity index (χ1v) is 9.23. The van der Waals surface area contributed by atoms with E-state index in [9.17, 15) is 0 Å². The highest BCUT2D eigenvalue weighted by atomic mass is 16.5. The Balaban J connectivity index is 1.41. The lowest BCUT2D eigenvalue weighted by atomic mass is 10.1. The number of piperidine rings is 1. The second-order valence-corrected chi connectivity index (χ2v) is 6.85. The van der Waals surface area contributed by atoms with E-state index < -0.39 is 0 Å². The largest absolute Gasteiger partial charge is 0.378 e. The second-order valence-electron chi connectivity index (χ2n) is 6.85. The number of aryl methyl sites for hydroxylation is 1. The highest BCUT2D eigenvalue weighted by molar-refractivity contribution is 5.49. The van der Waals surface area contributed by atoms with Gasteiger partial charge < -0.3 is 19.9 Å². The third kappa shape index (κ3) is 4.01. The second kappa shape index (κ2) is 7.82. The van der Waals surface area contributed by atoms with Crippen LogP contribution < -0.4 is 15.1 Å². The Kier molecular flexibility index (Phi) is 5.10. The number of hydrogen-bond donors (Lipinski definition) is 1. The van der Waals surface area contributed by atoms with Crippen molar-refractivity contribution in [3.8, 4) is 0 Å². The predicted molar refractivity (Wildman–Crippen MR) is 101 cm³/mol. The van der Waals surface area contributed by atoms with Gasteiger partial charge in [0.05, 0.1) is 13.2 Å². The van der Waals surface area contributed by atoms with Crippen molar-refractivity contribution >= 4 is 17.6 Å². The van der Waals surface area contributed by atoms with Crippen molar-refractivity contribution in [3.63, 3.8) is 0 Å². The van der Waals surface area contributed by atoms with Gasteiger partial charge in [0.1, 0.15) is 18.0 Å². The zero-order chi connectivity index (χ0) is 17.8. The third-order valence-electron chi connectivity index (χ3n) is 4.81. The van der Waals surface area contributed by atoms with Crippen molar-refractivity contribution in [2.24, 2.45) is 0 Å². The van der Waals surface area contributed by atoms with Gasteiger partial charge in [-0.1, -0.05) is 0 Å². The van der Waals surface area contributed by atoms with Gasteiger partial charge in [-0.2, -0.15) is 0 Å². The fourth-order valence-electron chi connectivity index (χ4n) is 3.43. The van der Waals surface area contributed by atoms with E-state index in [1.54, 1.807) is 6.33 Å². The van der Waals surface area contributed by atoms with Crippen molar-refractivity contribution in [2.75, 3.05) is 54.5 Å². The first-order chi connectivity index (χ1) is 12.8. The van der Waals surface area contributed by atoms with E-state index in [-0.39, 0.29) is 0 Å². The molecule has 0 amide bonds. The molecule has 4 heterocycles. The van der Waals surface area contributed by atoms with Crippen molar-refractivity contribution in [1.29, 1.82) is 0 Å². The van der Waals surface area contributed by atoms with Crippen LogP contribution in [0.4, 0.5) is 17.6 Å². The van der Waals surface area contributed by atoms with Crippen LogP contribution >= 0.6 is 0 Å².